The van der Waals surface area contributed by atoms with E-state index < -0.39 is 0 Å². The molecule has 1 unspecified atom stereocenters. The van der Waals surface area contributed by atoms with Crippen LogP contribution < -0.4 is 10.6 Å². The average Bonchev–Trinajstić information content (AvgIpc) is 3.20. The first-order chi connectivity index (χ1) is 9.76. The Balaban J connectivity index is 1.59. The van der Waals surface area contributed by atoms with E-state index in [4.69, 9.17) is 0 Å². The van der Waals surface area contributed by atoms with Crippen molar-refractivity contribution in [3.05, 3.63) is 24.0 Å². The number of nitrogens with zero attached hydrogens (tertiary/aromatic N) is 2. The lowest BCUT2D eigenvalue weighted by Gasteiger charge is -2.17. The number of nitrogens with one attached hydrogen (secondary N) is 2. The van der Waals surface area contributed by atoms with Gasteiger partial charge in [0.1, 0.15) is 5.69 Å². The van der Waals surface area contributed by atoms with Crippen molar-refractivity contribution in [2.75, 3.05) is 25.0 Å². The Bertz CT molecular complexity index is 487. The number of hydrogen-bond donors (Lipinski definition) is 2. The lowest BCUT2D eigenvalue weighted by molar-refractivity contribution is 0.0951. The van der Waals surface area contributed by atoms with E-state index in [9.17, 15) is 4.79 Å². The third-order valence-corrected chi connectivity index (χ3v) is 3.98. The summed E-state index contributed by atoms with van der Waals surface area (Å²) in [4.78, 5) is 18.5. The van der Waals surface area contributed by atoms with Gasteiger partial charge in [0.15, 0.2) is 0 Å². The van der Waals surface area contributed by atoms with Gasteiger partial charge >= 0.3 is 0 Å². The molecule has 108 valence electrons. The van der Waals surface area contributed by atoms with E-state index in [-0.39, 0.29) is 5.91 Å². The lowest BCUT2D eigenvalue weighted by atomic mass is 10.2. The molecule has 1 aliphatic heterocycles. The van der Waals surface area contributed by atoms with Crippen LogP contribution in [0.25, 0.3) is 0 Å². The maximum atomic E-state index is 11.8. The molecule has 2 heterocycles. The third-order valence-electron chi connectivity index (χ3n) is 3.98. The molecule has 20 heavy (non-hydrogen) atoms. The maximum absolute atomic E-state index is 11.8. The number of hydrogen-bond acceptors (Lipinski definition) is 4. The molecule has 2 N–H and O–H groups in total. The first-order valence-electron chi connectivity index (χ1n) is 7.51. The van der Waals surface area contributed by atoms with Crippen molar-refractivity contribution in [2.45, 2.75) is 38.3 Å². The number of anilines is 1. The van der Waals surface area contributed by atoms with Gasteiger partial charge in [-0.3, -0.25) is 14.7 Å². The molecule has 3 rings (SSSR count). The highest BCUT2D eigenvalue weighted by Crippen LogP contribution is 2.30. The van der Waals surface area contributed by atoms with Gasteiger partial charge in [-0.1, -0.05) is 0 Å². The van der Waals surface area contributed by atoms with Gasteiger partial charge in [-0.25, -0.2) is 0 Å². The van der Waals surface area contributed by atoms with Crippen molar-refractivity contribution >= 4 is 11.6 Å². The van der Waals surface area contributed by atoms with Crippen LogP contribution in [0.4, 0.5) is 5.69 Å². The number of pyridine rings is 1. The number of likely N-dealkylation sites (tertiary alicyclic amines) is 1. The molecule has 1 saturated heterocycles. The van der Waals surface area contributed by atoms with Crippen LogP contribution in [0.5, 0.6) is 0 Å². The Morgan fingerprint density at radius 1 is 1.45 bits per heavy atom. The van der Waals surface area contributed by atoms with Gasteiger partial charge in [-0.15, -0.1) is 0 Å². The van der Waals surface area contributed by atoms with Gasteiger partial charge in [0, 0.05) is 43.6 Å². The molecular weight excluding hydrogens is 252 g/mol. The minimum Gasteiger partial charge on any atom is -0.381 e. The van der Waals surface area contributed by atoms with Crippen molar-refractivity contribution in [3.63, 3.8) is 0 Å². The van der Waals surface area contributed by atoms with Gasteiger partial charge in [0.25, 0.3) is 5.91 Å². The Morgan fingerprint density at radius 2 is 2.30 bits per heavy atom. The van der Waals surface area contributed by atoms with Crippen LogP contribution in [-0.4, -0.2) is 47.5 Å². The average molecular weight is 274 g/mol. The van der Waals surface area contributed by atoms with Crippen molar-refractivity contribution in [3.8, 4) is 0 Å². The normalized spacial score (nSPS) is 22.8. The lowest BCUT2D eigenvalue weighted by Crippen LogP contribution is -2.28. The molecule has 0 radical (unpaired) electrons. The molecule has 1 aromatic heterocycles. The highest BCUT2D eigenvalue weighted by atomic mass is 16.1. The van der Waals surface area contributed by atoms with E-state index in [0.29, 0.717) is 18.3 Å². The summed E-state index contributed by atoms with van der Waals surface area (Å²) >= 11 is 0. The monoisotopic (exact) mass is 274 g/mol. The van der Waals surface area contributed by atoms with Gasteiger partial charge in [-0.05, 0) is 38.3 Å². The van der Waals surface area contributed by atoms with E-state index >= 15 is 0 Å². The van der Waals surface area contributed by atoms with E-state index in [0.717, 1.165) is 18.3 Å². The zero-order valence-electron chi connectivity index (χ0n) is 11.9. The Kier molecular flexibility index (Phi) is 3.87. The zero-order chi connectivity index (χ0) is 13.9. The first kappa shape index (κ1) is 13.4. The first-order valence-corrected chi connectivity index (χ1v) is 7.51. The molecule has 1 saturated carbocycles. The molecule has 5 nitrogen and oxygen atoms in total. The van der Waals surface area contributed by atoms with Crippen molar-refractivity contribution in [1.29, 1.82) is 0 Å². The second-order valence-electron chi connectivity index (χ2n) is 5.65. The molecule has 1 aliphatic carbocycles. The van der Waals surface area contributed by atoms with Gasteiger partial charge < -0.3 is 10.6 Å². The van der Waals surface area contributed by atoms with Crippen LogP contribution in [0.3, 0.4) is 0 Å². The van der Waals surface area contributed by atoms with Crippen LogP contribution in [0, 0.1) is 0 Å². The summed E-state index contributed by atoms with van der Waals surface area (Å²) in [5.41, 5.74) is 1.47. The summed E-state index contributed by atoms with van der Waals surface area (Å²) in [7, 11) is 0. The third kappa shape index (κ3) is 3.10. The van der Waals surface area contributed by atoms with E-state index in [1.807, 2.05) is 19.1 Å². The standard InChI is InChI=1S/C15H22N4O/c1-2-16-15(20)14-9-11(5-7-17-14)18-12-6-8-19(10-12)13-3-4-13/h5,7,9,12-13H,2-4,6,8,10H2,1H3,(H,16,20)(H,17,18). The molecule has 1 aromatic rings. The van der Waals surface area contributed by atoms with Crippen molar-refractivity contribution < 1.29 is 4.79 Å². The van der Waals surface area contributed by atoms with Crippen molar-refractivity contribution in [1.82, 2.24) is 15.2 Å². The van der Waals surface area contributed by atoms with Crippen LogP contribution in [0.2, 0.25) is 0 Å². The second-order valence-corrected chi connectivity index (χ2v) is 5.65. The Labute approximate surface area is 119 Å². The largest absolute Gasteiger partial charge is 0.381 e. The van der Waals surface area contributed by atoms with Crippen molar-refractivity contribution in [2.24, 2.45) is 0 Å². The molecule has 0 bridgehead atoms. The summed E-state index contributed by atoms with van der Waals surface area (Å²) in [6.45, 7) is 4.84. The number of amides is 1. The minimum atomic E-state index is -0.109. The van der Waals surface area contributed by atoms with Crippen LogP contribution in [0.1, 0.15) is 36.7 Å². The number of rotatable bonds is 5. The fourth-order valence-corrected chi connectivity index (χ4v) is 2.81. The molecule has 2 aliphatic rings. The summed E-state index contributed by atoms with van der Waals surface area (Å²) < 4.78 is 0. The smallest absolute Gasteiger partial charge is 0.269 e. The summed E-state index contributed by atoms with van der Waals surface area (Å²) in [5, 5.41) is 6.30. The van der Waals surface area contributed by atoms with E-state index in [1.165, 1.54) is 25.8 Å². The van der Waals surface area contributed by atoms with Crippen LogP contribution in [-0.2, 0) is 0 Å². The Hall–Kier alpha value is -1.62. The number of carbonyl (C=O) groups is 1. The molecule has 2 fully saturated rings. The molecular formula is C15H22N4O. The second kappa shape index (κ2) is 5.79. The summed E-state index contributed by atoms with van der Waals surface area (Å²) in [6.07, 6.45) is 5.60. The van der Waals surface area contributed by atoms with Gasteiger partial charge in [0.2, 0.25) is 0 Å². The molecule has 0 spiro atoms. The van der Waals surface area contributed by atoms with E-state index in [2.05, 4.69) is 20.5 Å². The quantitative estimate of drug-likeness (QED) is 0.854. The Morgan fingerprint density at radius 3 is 3.05 bits per heavy atom. The summed E-state index contributed by atoms with van der Waals surface area (Å²) in [5.74, 6) is -0.109. The predicted octanol–water partition coefficient (Wildman–Crippen LogP) is 1.48. The SMILES string of the molecule is CCNC(=O)c1cc(NC2CCN(C3CC3)C2)ccn1. The maximum Gasteiger partial charge on any atom is 0.269 e. The molecule has 1 atom stereocenters. The van der Waals surface area contributed by atoms with E-state index in [1.54, 1.807) is 6.20 Å². The fourth-order valence-electron chi connectivity index (χ4n) is 2.81. The van der Waals surface area contributed by atoms with Crippen LogP contribution in [0.15, 0.2) is 18.3 Å². The number of aromatic nitrogens is 1. The minimum absolute atomic E-state index is 0.109. The molecule has 1 amide bonds. The van der Waals surface area contributed by atoms with Crippen LogP contribution >= 0.6 is 0 Å². The highest BCUT2D eigenvalue weighted by molar-refractivity contribution is 5.93. The summed E-state index contributed by atoms with van der Waals surface area (Å²) in [6, 6.07) is 5.10. The zero-order valence-corrected chi connectivity index (χ0v) is 11.9. The predicted molar refractivity (Wildman–Crippen MR) is 78.9 cm³/mol. The topological polar surface area (TPSA) is 57.3 Å². The van der Waals surface area contributed by atoms with Gasteiger partial charge in [0.05, 0.1) is 0 Å². The molecule has 0 aromatic carbocycles. The van der Waals surface area contributed by atoms with Gasteiger partial charge in [-0.2, -0.15) is 0 Å². The molecule has 5 heteroatoms. The number of carbonyl (C=O) groups excluding carboxylic acids is 1. The highest BCUT2D eigenvalue weighted by Gasteiger charge is 2.34. The fraction of sp³-hybridized carbons (Fsp3) is 0.600.